The Bertz CT molecular complexity index is 897. The largest absolute Gasteiger partial charge is 0.367 e. The summed E-state index contributed by atoms with van der Waals surface area (Å²) in [5, 5.41) is 6.63. The van der Waals surface area contributed by atoms with Crippen LogP contribution in [0.3, 0.4) is 0 Å². The molecule has 0 fully saturated rings. The highest BCUT2D eigenvalue weighted by Crippen LogP contribution is 2.39. The van der Waals surface area contributed by atoms with E-state index >= 15 is 0 Å². The Kier molecular flexibility index (Phi) is 5.59. The summed E-state index contributed by atoms with van der Waals surface area (Å²) in [5.41, 5.74) is 1.33. The number of hydrogen-bond acceptors (Lipinski definition) is 4. The van der Waals surface area contributed by atoms with E-state index in [-0.39, 0.29) is 21.8 Å². The third-order valence-corrected chi connectivity index (χ3v) is 4.12. The zero-order valence-electron chi connectivity index (χ0n) is 14.2. The van der Waals surface area contributed by atoms with Gasteiger partial charge in [0.2, 0.25) is 5.95 Å². The topological polar surface area (TPSA) is 49.8 Å². The fourth-order valence-corrected chi connectivity index (χ4v) is 3.00. The number of para-hydroxylation sites is 1. The molecule has 26 heavy (non-hydrogen) atoms. The normalized spacial score (nSPS) is 10.8. The lowest BCUT2D eigenvalue weighted by Crippen LogP contribution is -2.14. The number of nitrogens with zero attached hydrogens (tertiary/aromatic N) is 2. The number of nitrogens with one attached hydrogen (secondary N) is 2. The van der Waals surface area contributed by atoms with Gasteiger partial charge in [0.05, 0.1) is 10.6 Å². The zero-order valence-corrected chi connectivity index (χ0v) is 15.7. The maximum Gasteiger partial charge on any atom is 0.230 e. The van der Waals surface area contributed by atoms with E-state index in [4.69, 9.17) is 23.2 Å². The van der Waals surface area contributed by atoms with E-state index < -0.39 is 5.82 Å². The molecule has 0 saturated carbocycles. The first-order valence-corrected chi connectivity index (χ1v) is 8.82. The van der Waals surface area contributed by atoms with Crippen molar-refractivity contribution in [2.75, 3.05) is 10.6 Å². The first-order valence-electron chi connectivity index (χ1n) is 8.06. The van der Waals surface area contributed by atoms with E-state index in [0.29, 0.717) is 17.3 Å². The average molecular weight is 391 g/mol. The Morgan fingerprint density at radius 1 is 0.923 bits per heavy atom. The Morgan fingerprint density at radius 3 is 2.31 bits per heavy atom. The van der Waals surface area contributed by atoms with Crippen LogP contribution in [-0.4, -0.2) is 16.0 Å². The van der Waals surface area contributed by atoms with Crippen molar-refractivity contribution < 1.29 is 4.39 Å². The van der Waals surface area contributed by atoms with Crippen molar-refractivity contribution in [1.29, 1.82) is 0 Å². The molecule has 0 amide bonds. The molecule has 0 atom stereocenters. The third kappa shape index (κ3) is 4.06. The summed E-state index contributed by atoms with van der Waals surface area (Å²) >= 11 is 12.6. The van der Waals surface area contributed by atoms with E-state index in [9.17, 15) is 4.39 Å². The molecule has 4 nitrogen and oxygen atoms in total. The summed E-state index contributed by atoms with van der Waals surface area (Å²) in [6.45, 7) is 3.90. The molecule has 2 N–H and O–H groups in total. The SMILES string of the molecule is CC(C)Nc1nc(Nc2ccccc2)nc(Cl)c1-c1c(F)cccc1Cl. The van der Waals surface area contributed by atoms with Crippen LogP contribution in [0.4, 0.5) is 21.8 Å². The molecule has 0 bridgehead atoms. The molecule has 0 aliphatic rings. The van der Waals surface area contributed by atoms with Crippen molar-refractivity contribution in [2.45, 2.75) is 19.9 Å². The first kappa shape index (κ1) is 18.4. The van der Waals surface area contributed by atoms with Gasteiger partial charge >= 0.3 is 0 Å². The van der Waals surface area contributed by atoms with Gasteiger partial charge in [-0.2, -0.15) is 4.98 Å². The van der Waals surface area contributed by atoms with Crippen LogP contribution < -0.4 is 10.6 Å². The predicted octanol–water partition coefficient (Wildman–Crippen LogP) is 6.15. The maximum atomic E-state index is 14.4. The number of anilines is 3. The van der Waals surface area contributed by atoms with Gasteiger partial charge in [-0.1, -0.05) is 47.5 Å². The highest BCUT2D eigenvalue weighted by atomic mass is 35.5. The van der Waals surface area contributed by atoms with Crippen LogP contribution in [0.15, 0.2) is 48.5 Å². The van der Waals surface area contributed by atoms with Crippen molar-refractivity contribution in [3.05, 3.63) is 64.5 Å². The Hall–Kier alpha value is -2.37. The van der Waals surface area contributed by atoms with Gasteiger partial charge in [0, 0.05) is 17.3 Å². The molecule has 0 unspecified atom stereocenters. The van der Waals surface area contributed by atoms with Crippen LogP contribution in [0.1, 0.15) is 13.8 Å². The predicted molar refractivity (Wildman–Crippen MR) is 106 cm³/mol. The van der Waals surface area contributed by atoms with Gasteiger partial charge in [-0.05, 0) is 38.1 Å². The lowest BCUT2D eigenvalue weighted by atomic mass is 10.1. The van der Waals surface area contributed by atoms with Crippen LogP contribution in [0, 0.1) is 5.82 Å². The highest BCUT2D eigenvalue weighted by molar-refractivity contribution is 6.36. The molecule has 0 spiro atoms. The minimum atomic E-state index is -0.487. The van der Waals surface area contributed by atoms with Crippen LogP contribution >= 0.6 is 23.2 Å². The van der Waals surface area contributed by atoms with Crippen LogP contribution in [0.5, 0.6) is 0 Å². The van der Waals surface area contributed by atoms with Gasteiger partial charge < -0.3 is 10.6 Å². The third-order valence-electron chi connectivity index (χ3n) is 3.53. The van der Waals surface area contributed by atoms with Crippen molar-refractivity contribution >= 4 is 40.7 Å². The monoisotopic (exact) mass is 390 g/mol. The Balaban J connectivity index is 2.12. The fourth-order valence-electron chi connectivity index (χ4n) is 2.48. The Labute approximate surface area is 161 Å². The molecule has 3 rings (SSSR count). The van der Waals surface area contributed by atoms with Gasteiger partial charge in [0.25, 0.3) is 0 Å². The summed E-state index contributed by atoms with van der Waals surface area (Å²) in [4.78, 5) is 8.76. The highest BCUT2D eigenvalue weighted by Gasteiger charge is 2.21. The molecule has 0 aliphatic carbocycles. The maximum absolute atomic E-state index is 14.4. The molecule has 2 aromatic carbocycles. The van der Waals surface area contributed by atoms with Crippen molar-refractivity contribution in [3.8, 4) is 11.1 Å². The summed E-state index contributed by atoms with van der Waals surface area (Å²) in [6.07, 6.45) is 0. The summed E-state index contributed by atoms with van der Waals surface area (Å²) in [5.74, 6) is 0.226. The van der Waals surface area contributed by atoms with Gasteiger partial charge in [0.15, 0.2) is 0 Å². The van der Waals surface area contributed by atoms with Gasteiger partial charge in [-0.15, -0.1) is 0 Å². The molecule has 0 aliphatic heterocycles. The first-order chi connectivity index (χ1) is 12.5. The standard InChI is InChI=1S/C19H17Cl2FN4/c1-11(2)23-18-16(15-13(20)9-6-10-14(15)22)17(21)25-19(26-18)24-12-7-4-3-5-8-12/h3-11H,1-2H3,(H2,23,24,25,26). The summed E-state index contributed by atoms with van der Waals surface area (Å²) in [7, 11) is 0. The van der Waals surface area contributed by atoms with Crippen molar-refractivity contribution in [3.63, 3.8) is 0 Å². The van der Waals surface area contributed by atoms with Crippen molar-refractivity contribution in [1.82, 2.24) is 9.97 Å². The minimum absolute atomic E-state index is 0.0508. The molecule has 7 heteroatoms. The average Bonchev–Trinajstić information content (AvgIpc) is 2.57. The molecule has 1 aromatic heterocycles. The molecular formula is C19H17Cl2FN4. The van der Waals surface area contributed by atoms with E-state index in [1.54, 1.807) is 6.07 Å². The molecular weight excluding hydrogens is 374 g/mol. The van der Waals surface area contributed by atoms with E-state index in [2.05, 4.69) is 20.6 Å². The van der Waals surface area contributed by atoms with Gasteiger partial charge in [-0.3, -0.25) is 0 Å². The number of benzene rings is 2. The smallest absolute Gasteiger partial charge is 0.230 e. The molecule has 3 aromatic rings. The molecule has 0 saturated heterocycles. The number of hydrogen-bond donors (Lipinski definition) is 2. The number of rotatable bonds is 5. The van der Waals surface area contributed by atoms with E-state index in [0.717, 1.165) is 5.69 Å². The van der Waals surface area contributed by atoms with E-state index in [1.807, 2.05) is 44.2 Å². The molecule has 0 radical (unpaired) electrons. The van der Waals surface area contributed by atoms with Crippen molar-refractivity contribution in [2.24, 2.45) is 0 Å². The minimum Gasteiger partial charge on any atom is -0.367 e. The van der Waals surface area contributed by atoms with E-state index in [1.165, 1.54) is 12.1 Å². The summed E-state index contributed by atoms with van der Waals surface area (Å²) in [6, 6.07) is 14.0. The Morgan fingerprint density at radius 2 is 1.65 bits per heavy atom. The molecule has 1 heterocycles. The lowest BCUT2D eigenvalue weighted by molar-refractivity contribution is 0.631. The quantitative estimate of drug-likeness (QED) is 0.512. The van der Waals surface area contributed by atoms with Crippen LogP contribution in [0.25, 0.3) is 11.1 Å². The fraction of sp³-hybridized carbons (Fsp3) is 0.158. The second kappa shape index (κ2) is 7.89. The number of halogens is 3. The molecule has 134 valence electrons. The second-order valence-electron chi connectivity index (χ2n) is 5.95. The van der Waals surface area contributed by atoms with Crippen LogP contribution in [0.2, 0.25) is 10.2 Å². The van der Waals surface area contributed by atoms with Crippen LogP contribution in [-0.2, 0) is 0 Å². The van der Waals surface area contributed by atoms with Gasteiger partial charge in [0.1, 0.15) is 16.8 Å². The van der Waals surface area contributed by atoms with Gasteiger partial charge in [-0.25, -0.2) is 9.37 Å². The number of aromatic nitrogens is 2. The summed E-state index contributed by atoms with van der Waals surface area (Å²) < 4.78 is 14.4. The zero-order chi connectivity index (χ0) is 18.7. The lowest BCUT2D eigenvalue weighted by Gasteiger charge is -2.17. The second-order valence-corrected chi connectivity index (χ2v) is 6.71.